The first-order valence-electron chi connectivity index (χ1n) is 7.89. The molecule has 1 heterocycles. The van der Waals surface area contributed by atoms with Gasteiger partial charge < -0.3 is 10.1 Å². The first-order valence-corrected chi connectivity index (χ1v) is 8.26. The number of H-pyrrole nitrogens is 1. The second-order valence-corrected chi connectivity index (χ2v) is 5.80. The van der Waals surface area contributed by atoms with Gasteiger partial charge in [0.2, 0.25) is 0 Å². The van der Waals surface area contributed by atoms with E-state index in [9.17, 15) is 4.79 Å². The quantitative estimate of drug-likeness (QED) is 0.695. The maximum Gasteiger partial charge on any atom is 0.270 e. The van der Waals surface area contributed by atoms with E-state index in [1.54, 1.807) is 25.3 Å². The van der Waals surface area contributed by atoms with Crippen LogP contribution in [0.5, 0.6) is 5.75 Å². The summed E-state index contributed by atoms with van der Waals surface area (Å²) in [6.07, 6.45) is 0. The van der Waals surface area contributed by atoms with Crippen molar-refractivity contribution < 1.29 is 9.53 Å². The summed E-state index contributed by atoms with van der Waals surface area (Å²) in [5, 5.41) is 10.3. The van der Waals surface area contributed by atoms with Crippen LogP contribution in [0.4, 0.5) is 0 Å². The molecule has 0 radical (unpaired) electrons. The molecule has 2 aromatic carbocycles. The highest BCUT2D eigenvalue weighted by Crippen LogP contribution is 2.28. The number of nitrogens with one attached hydrogen (secondary N) is 2. The maximum atomic E-state index is 12.2. The number of rotatable bonds is 4. The summed E-state index contributed by atoms with van der Waals surface area (Å²) in [4.78, 5) is 12.2. The van der Waals surface area contributed by atoms with E-state index in [0.29, 0.717) is 22.2 Å². The second kappa shape index (κ2) is 8.24. The molecular weight excluding hydrogens is 350 g/mol. The van der Waals surface area contributed by atoms with E-state index < -0.39 is 0 Å². The minimum atomic E-state index is -0.279. The molecule has 0 unspecified atom stereocenters. The van der Waals surface area contributed by atoms with E-state index in [0.717, 1.165) is 11.1 Å². The normalized spacial score (nSPS) is 9.92. The van der Waals surface area contributed by atoms with Gasteiger partial charge in [0.15, 0.2) is 0 Å². The molecular formula is C20H16ClN3O2. The Bertz CT molecular complexity index is 986. The van der Waals surface area contributed by atoms with Gasteiger partial charge in [-0.15, -0.1) is 0 Å². The third-order valence-corrected chi connectivity index (χ3v) is 3.84. The minimum absolute atomic E-state index is 0.217. The Morgan fingerprint density at radius 2 is 2.08 bits per heavy atom. The molecule has 0 fully saturated rings. The number of aromatic amines is 1. The minimum Gasteiger partial charge on any atom is -0.496 e. The first-order chi connectivity index (χ1) is 12.7. The van der Waals surface area contributed by atoms with Crippen LogP contribution in [0.2, 0.25) is 5.02 Å². The van der Waals surface area contributed by atoms with Crippen LogP contribution in [0.3, 0.4) is 0 Å². The van der Waals surface area contributed by atoms with Crippen LogP contribution in [0.1, 0.15) is 16.1 Å². The summed E-state index contributed by atoms with van der Waals surface area (Å²) in [6.45, 7) is 0.217. The zero-order chi connectivity index (χ0) is 18.4. The molecule has 3 aromatic rings. The molecule has 6 heteroatoms. The summed E-state index contributed by atoms with van der Waals surface area (Å²) in [7, 11) is 1.59. The van der Waals surface area contributed by atoms with Crippen molar-refractivity contribution in [1.29, 1.82) is 0 Å². The lowest BCUT2D eigenvalue weighted by Gasteiger charge is -2.04. The number of hydrogen-bond donors (Lipinski definition) is 2. The summed E-state index contributed by atoms with van der Waals surface area (Å²) in [5.74, 6) is 6.25. The lowest BCUT2D eigenvalue weighted by molar-refractivity contribution is 0.0953. The van der Waals surface area contributed by atoms with Gasteiger partial charge in [-0.1, -0.05) is 41.6 Å². The molecule has 0 spiro atoms. The van der Waals surface area contributed by atoms with Crippen LogP contribution in [-0.2, 0) is 0 Å². The number of benzene rings is 2. The van der Waals surface area contributed by atoms with Crippen LogP contribution >= 0.6 is 11.6 Å². The molecule has 0 atom stereocenters. The van der Waals surface area contributed by atoms with Crippen molar-refractivity contribution in [1.82, 2.24) is 15.5 Å². The molecule has 26 heavy (non-hydrogen) atoms. The zero-order valence-corrected chi connectivity index (χ0v) is 14.8. The summed E-state index contributed by atoms with van der Waals surface area (Å²) in [6, 6.07) is 16.4. The molecule has 1 amide bonds. The van der Waals surface area contributed by atoms with Crippen molar-refractivity contribution in [2.24, 2.45) is 0 Å². The van der Waals surface area contributed by atoms with Gasteiger partial charge in [-0.3, -0.25) is 9.89 Å². The van der Waals surface area contributed by atoms with Crippen molar-refractivity contribution >= 4 is 17.5 Å². The number of amides is 1. The number of carbonyl (C=O) groups excluding carboxylic acids is 1. The number of aromatic nitrogens is 2. The SMILES string of the molecule is COc1ccccc1-c1cc(C(=O)NCC#Cc2cccc(Cl)c2)[nH]n1. The van der Waals surface area contributed by atoms with Gasteiger partial charge in [0, 0.05) is 16.1 Å². The fraction of sp³-hybridized carbons (Fsp3) is 0.100. The van der Waals surface area contributed by atoms with Crippen molar-refractivity contribution in [3.8, 4) is 28.8 Å². The highest BCUT2D eigenvalue weighted by molar-refractivity contribution is 6.30. The monoisotopic (exact) mass is 365 g/mol. The Kier molecular flexibility index (Phi) is 5.57. The highest BCUT2D eigenvalue weighted by atomic mass is 35.5. The molecule has 0 aliphatic rings. The van der Waals surface area contributed by atoms with E-state index in [-0.39, 0.29) is 12.5 Å². The average Bonchev–Trinajstić information content (AvgIpc) is 3.15. The zero-order valence-electron chi connectivity index (χ0n) is 14.0. The third kappa shape index (κ3) is 4.24. The van der Waals surface area contributed by atoms with Gasteiger partial charge >= 0.3 is 0 Å². The topological polar surface area (TPSA) is 67.0 Å². The number of hydrogen-bond acceptors (Lipinski definition) is 3. The molecule has 0 aliphatic carbocycles. The van der Waals surface area contributed by atoms with Crippen molar-refractivity contribution in [2.45, 2.75) is 0 Å². The Balaban J connectivity index is 1.64. The summed E-state index contributed by atoms with van der Waals surface area (Å²) >= 11 is 5.91. The molecule has 0 saturated carbocycles. The molecule has 0 aliphatic heterocycles. The largest absolute Gasteiger partial charge is 0.496 e. The van der Waals surface area contributed by atoms with Crippen LogP contribution < -0.4 is 10.1 Å². The Hall–Kier alpha value is -3.23. The Morgan fingerprint density at radius 3 is 2.88 bits per heavy atom. The van der Waals surface area contributed by atoms with Crippen molar-refractivity contribution in [3.05, 3.63) is 70.9 Å². The van der Waals surface area contributed by atoms with Crippen molar-refractivity contribution in [3.63, 3.8) is 0 Å². The van der Waals surface area contributed by atoms with Gasteiger partial charge in [0.1, 0.15) is 11.4 Å². The summed E-state index contributed by atoms with van der Waals surface area (Å²) < 4.78 is 5.32. The van der Waals surface area contributed by atoms with Gasteiger partial charge in [-0.05, 0) is 36.4 Å². The highest BCUT2D eigenvalue weighted by Gasteiger charge is 2.12. The molecule has 1 aromatic heterocycles. The van der Waals surface area contributed by atoms with Crippen LogP contribution in [-0.4, -0.2) is 29.8 Å². The second-order valence-electron chi connectivity index (χ2n) is 5.36. The molecule has 5 nitrogen and oxygen atoms in total. The van der Waals surface area contributed by atoms with Gasteiger partial charge in [-0.25, -0.2) is 0 Å². The smallest absolute Gasteiger partial charge is 0.270 e. The third-order valence-electron chi connectivity index (χ3n) is 3.60. The predicted molar refractivity (Wildman–Crippen MR) is 101 cm³/mol. The number of nitrogens with zero attached hydrogens (tertiary/aromatic N) is 1. The number of methoxy groups -OCH3 is 1. The fourth-order valence-electron chi connectivity index (χ4n) is 2.36. The number of halogens is 1. The van der Waals surface area contributed by atoms with E-state index in [1.807, 2.05) is 36.4 Å². The van der Waals surface area contributed by atoms with E-state index in [4.69, 9.17) is 16.3 Å². The van der Waals surface area contributed by atoms with E-state index in [2.05, 4.69) is 27.4 Å². The van der Waals surface area contributed by atoms with Crippen LogP contribution in [0.15, 0.2) is 54.6 Å². The number of para-hydroxylation sites is 1. The average molecular weight is 366 g/mol. The van der Waals surface area contributed by atoms with Crippen molar-refractivity contribution in [2.75, 3.05) is 13.7 Å². The van der Waals surface area contributed by atoms with Gasteiger partial charge in [0.25, 0.3) is 5.91 Å². The number of ether oxygens (including phenoxy) is 1. The van der Waals surface area contributed by atoms with E-state index >= 15 is 0 Å². The standard InChI is InChI=1S/C20H16ClN3O2/c1-26-19-10-3-2-9-16(19)17-13-18(24-23-17)20(25)22-11-5-7-14-6-4-8-15(21)12-14/h2-4,6,8-10,12-13H,11H2,1H3,(H,22,25)(H,23,24). The van der Waals surface area contributed by atoms with Crippen LogP contribution in [0, 0.1) is 11.8 Å². The molecule has 0 saturated heterocycles. The number of carbonyl (C=O) groups is 1. The lowest BCUT2D eigenvalue weighted by atomic mass is 10.1. The van der Waals surface area contributed by atoms with Gasteiger partial charge in [0.05, 0.1) is 19.3 Å². The Morgan fingerprint density at radius 1 is 1.23 bits per heavy atom. The molecule has 2 N–H and O–H groups in total. The maximum absolute atomic E-state index is 12.2. The first kappa shape index (κ1) is 17.6. The molecule has 0 bridgehead atoms. The summed E-state index contributed by atoms with van der Waals surface area (Å²) in [5.41, 5.74) is 2.60. The van der Waals surface area contributed by atoms with E-state index in [1.165, 1.54) is 0 Å². The molecule has 130 valence electrons. The van der Waals surface area contributed by atoms with Gasteiger partial charge in [-0.2, -0.15) is 5.10 Å². The lowest BCUT2D eigenvalue weighted by Crippen LogP contribution is -2.23. The fourth-order valence-corrected chi connectivity index (χ4v) is 2.55. The Labute approximate surface area is 156 Å². The predicted octanol–water partition coefficient (Wildman–Crippen LogP) is 3.52. The molecule has 3 rings (SSSR count). The van der Waals surface area contributed by atoms with Crippen LogP contribution in [0.25, 0.3) is 11.3 Å².